The number of furan rings is 1. The summed E-state index contributed by atoms with van der Waals surface area (Å²) in [7, 11) is 4.59. The van der Waals surface area contributed by atoms with Crippen LogP contribution in [0.1, 0.15) is 10.6 Å². The molecule has 0 N–H and O–H groups in total. The van der Waals surface area contributed by atoms with Crippen LogP contribution in [0.2, 0.25) is 0 Å². The molecule has 5 aromatic rings. The van der Waals surface area contributed by atoms with Gasteiger partial charge in [-0.25, -0.2) is 9.59 Å². The van der Waals surface area contributed by atoms with E-state index in [-0.39, 0.29) is 17.1 Å². The van der Waals surface area contributed by atoms with Crippen LogP contribution in [0.15, 0.2) is 80.4 Å². The summed E-state index contributed by atoms with van der Waals surface area (Å²) in [6.07, 6.45) is 0. The highest BCUT2D eigenvalue weighted by Gasteiger charge is 2.18. The summed E-state index contributed by atoms with van der Waals surface area (Å²) in [5.41, 5.74) is 1.06. The molecule has 0 aliphatic heterocycles. The Kier molecular flexibility index (Phi) is 5.62. The second kappa shape index (κ2) is 8.90. The van der Waals surface area contributed by atoms with E-state index in [0.29, 0.717) is 44.7 Å². The molecule has 8 heteroatoms. The van der Waals surface area contributed by atoms with Gasteiger partial charge in [-0.15, -0.1) is 0 Å². The topological polar surface area (TPSA) is 97.3 Å². The molecule has 0 spiro atoms. The van der Waals surface area contributed by atoms with Gasteiger partial charge in [0.15, 0.2) is 11.3 Å². The zero-order valence-electron chi connectivity index (χ0n) is 19.1. The Morgan fingerprint density at radius 3 is 2.29 bits per heavy atom. The highest BCUT2D eigenvalue weighted by Crippen LogP contribution is 2.34. The van der Waals surface area contributed by atoms with E-state index in [0.717, 1.165) is 0 Å². The number of ether oxygens (including phenoxy) is 4. The lowest BCUT2D eigenvalue weighted by molar-refractivity contribution is 0.0704. The molecule has 176 valence electrons. The average molecular weight is 472 g/mol. The number of benzene rings is 3. The average Bonchev–Trinajstić information content (AvgIpc) is 3.33. The second-order valence-electron chi connectivity index (χ2n) is 7.59. The summed E-state index contributed by atoms with van der Waals surface area (Å²) in [5, 5.41) is 1.35. The minimum absolute atomic E-state index is 0.0213. The van der Waals surface area contributed by atoms with Crippen molar-refractivity contribution in [2.75, 3.05) is 21.3 Å². The van der Waals surface area contributed by atoms with E-state index in [2.05, 4.69) is 0 Å². The molecule has 0 saturated carbocycles. The van der Waals surface area contributed by atoms with E-state index >= 15 is 0 Å². The van der Waals surface area contributed by atoms with Crippen molar-refractivity contribution in [3.05, 3.63) is 82.9 Å². The first-order chi connectivity index (χ1) is 17.0. The van der Waals surface area contributed by atoms with E-state index < -0.39 is 11.6 Å². The van der Waals surface area contributed by atoms with Crippen molar-refractivity contribution in [1.82, 2.24) is 0 Å². The molecular formula is C27H20O8. The predicted molar refractivity (Wildman–Crippen MR) is 129 cm³/mol. The summed E-state index contributed by atoms with van der Waals surface area (Å²) < 4.78 is 32.5. The van der Waals surface area contributed by atoms with Crippen molar-refractivity contribution < 1.29 is 32.6 Å². The summed E-state index contributed by atoms with van der Waals surface area (Å²) in [6, 6.07) is 18.6. The smallest absolute Gasteiger partial charge is 0.379 e. The van der Waals surface area contributed by atoms with Gasteiger partial charge in [0.05, 0.1) is 26.9 Å². The highest BCUT2D eigenvalue weighted by atomic mass is 16.5. The number of carbonyl (C=O) groups is 1. The molecular weight excluding hydrogens is 452 g/mol. The van der Waals surface area contributed by atoms with Gasteiger partial charge in [-0.3, -0.25) is 0 Å². The fraction of sp³-hybridized carbons (Fsp3) is 0.111. The van der Waals surface area contributed by atoms with Gasteiger partial charge in [-0.2, -0.15) is 0 Å². The summed E-state index contributed by atoms with van der Waals surface area (Å²) in [6.45, 7) is 0. The normalized spacial score (nSPS) is 10.9. The molecule has 3 aromatic carbocycles. The molecule has 0 aliphatic carbocycles. The van der Waals surface area contributed by atoms with Crippen molar-refractivity contribution in [1.29, 1.82) is 0 Å². The Bertz CT molecular complexity index is 1630. The lowest BCUT2D eigenvalue weighted by Gasteiger charge is -2.10. The van der Waals surface area contributed by atoms with Crippen LogP contribution < -0.4 is 24.6 Å². The van der Waals surface area contributed by atoms with Crippen LogP contribution in [0.3, 0.4) is 0 Å². The van der Waals surface area contributed by atoms with Crippen LogP contribution in [0, 0.1) is 0 Å². The fourth-order valence-corrected chi connectivity index (χ4v) is 3.82. The minimum Gasteiger partial charge on any atom is -0.497 e. The highest BCUT2D eigenvalue weighted by molar-refractivity contribution is 5.95. The van der Waals surface area contributed by atoms with Crippen molar-refractivity contribution in [3.8, 4) is 34.1 Å². The van der Waals surface area contributed by atoms with Crippen LogP contribution in [-0.4, -0.2) is 27.3 Å². The number of hydrogen-bond donors (Lipinski definition) is 0. The number of carbonyl (C=O) groups excluding carboxylic acids is 1. The van der Waals surface area contributed by atoms with Gasteiger partial charge >= 0.3 is 11.6 Å². The Balaban J connectivity index is 1.46. The summed E-state index contributed by atoms with van der Waals surface area (Å²) in [4.78, 5) is 25.5. The van der Waals surface area contributed by atoms with Crippen LogP contribution >= 0.6 is 0 Å². The quantitative estimate of drug-likeness (QED) is 0.183. The van der Waals surface area contributed by atoms with E-state index in [1.54, 1.807) is 67.8 Å². The molecule has 8 nitrogen and oxygen atoms in total. The van der Waals surface area contributed by atoms with E-state index in [1.165, 1.54) is 20.3 Å². The third-order valence-corrected chi connectivity index (χ3v) is 5.55. The van der Waals surface area contributed by atoms with Gasteiger partial charge in [0.2, 0.25) is 5.76 Å². The lowest BCUT2D eigenvalue weighted by Crippen LogP contribution is -2.07. The summed E-state index contributed by atoms with van der Waals surface area (Å²) >= 11 is 0. The number of para-hydroxylation sites is 1. The first-order valence-corrected chi connectivity index (χ1v) is 10.6. The molecule has 0 unspecified atom stereocenters. The molecule has 0 bridgehead atoms. The Labute approximate surface area is 199 Å². The van der Waals surface area contributed by atoms with Crippen molar-refractivity contribution in [3.63, 3.8) is 0 Å². The standard InChI is InChI=1S/C27H20O8/c1-30-17-9-10-19(23(13-17)32-3)20-11-15-7-8-18(14-22(15)35-26(20)28)33-27(29)24-12-16-5-4-6-21(31-2)25(16)34-24/h4-14H,1-3H3. The molecule has 35 heavy (non-hydrogen) atoms. The third kappa shape index (κ3) is 4.06. The predicted octanol–water partition coefficient (Wildman–Crippen LogP) is 5.45. The monoisotopic (exact) mass is 472 g/mol. The minimum atomic E-state index is -0.690. The van der Waals surface area contributed by atoms with E-state index in [4.69, 9.17) is 27.8 Å². The lowest BCUT2D eigenvalue weighted by atomic mass is 10.0. The zero-order chi connectivity index (χ0) is 24.5. The maximum absolute atomic E-state index is 12.8. The molecule has 5 rings (SSSR count). The van der Waals surface area contributed by atoms with Gasteiger partial charge in [-0.1, -0.05) is 12.1 Å². The van der Waals surface area contributed by atoms with Crippen molar-refractivity contribution in [2.24, 2.45) is 0 Å². The molecule has 0 fully saturated rings. The number of esters is 1. The van der Waals surface area contributed by atoms with Gasteiger partial charge in [0, 0.05) is 28.5 Å². The molecule has 0 saturated heterocycles. The molecule has 0 radical (unpaired) electrons. The Morgan fingerprint density at radius 1 is 0.714 bits per heavy atom. The molecule has 0 amide bonds. The Morgan fingerprint density at radius 2 is 1.51 bits per heavy atom. The summed E-state index contributed by atoms with van der Waals surface area (Å²) in [5.74, 6) is 1.12. The van der Waals surface area contributed by atoms with Crippen molar-refractivity contribution in [2.45, 2.75) is 0 Å². The Hall–Kier alpha value is -4.72. The van der Waals surface area contributed by atoms with Crippen LogP contribution in [-0.2, 0) is 0 Å². The van der Waals surface area contributed by atoms with Gasteiger partial charge in [0.1, 0.15) is 22.8 Å². The van der Waals surface area contributed by atoms with Gasteiger partial charge in [-0.05, 0) is 42.5 Å². The molecule has 2 heterocycles. The van der Waals surface area contributed by atoms with E-state index in [9.17, 15) is 9.59 Å². The number of rotatable bonds is 6. The number of hydrogen-bond acceptors (Lipinski definition) is 8. The van der Waals surface area contributed by atoms with Gasteiger partial charge < -0.3 is 27.8 Å². The fourth-order valence-electron chi connectivity index (χ4n) is 3.82. The van der Waals surface area contributed by atoms with Crippen molar-refractivity contribution >= 4 is 27.9 Å². The first-order valence-electron chi connectivity index (χ1n) is 10.6. The van der Waals surface area contributed by atoms with E-state index in [1.807, 2.05) is 0 Å². The largest absolute Gasteiger partial charge is 0.497 e. The SMILES string of the molecule is COc1ccc(-c2cc3ccc(OC(=O)c4cc5cccc(OC)c5o4)cc3oc2=O)c(OC)c1. The number of methoxy groups -OCH3 is 3. The van der Waals surface area contributed by atoms with Gasteiger partial charge in [0.25, 0.3) is 0 Å². The number of fused-ring (bicyclic) bond motifs is 2. The third-order valence-electron chi connectivity index (χ3n) is 5.55. The molecule has 0 aliphatic rings. The van der Waals surface area contributed by atoms with Crippen LogP contribution in [0.5, 0.6) is 23.0 Å². The molecule has 2 aromatic heterocycles. The van der Waals surface area contributed by atoms with Crippen LogP contribution in [0.4, 0.5) is 0 Å². The maximum atomic E-state index is 12.8. The maximum Gasteiger partial charge on any atom is 0.379 e. The zero-order valence-corrected chi connectivity index (χ0v) is 19.1. The van der Waals surface area contributed by atoms with Crippen LogP contribution in [0.25, 0.3) is 33.1 Å². The first kappa shape index (κ1) is 22.1. The molecule has 0 atom stereocenters. The second-order valence-corrected chi connectivity index (χ2v) is 7.59.